The maximum Gasteiger partial charge on any atom is 0.274 e. The van der Waals surface area contributed by atoms with Gasteiger partial charge in [-0.1, -0.05) is 0 Å². The van der Waals surface area contributed by atoms with Crippen molar-refractivity contribution in [3.05, 3.63) is 11.9 Å². The Labute approximate surface area is 105 Å². The van der Waals surface area contributed by atoms with Gasteiger partial charge >= 0.3 is 0 Å². The molecule has 1 aliphatic heterocycles. The molecule has 1 aromatic heterocycles. The number of aromatic nitrogens is 2. The van der Waals surface area contributed by atoms with E-state index in [0.717, 1.165) is 0 Å². The topological polar surface area (TPSA) is 107 Å². The van der Waals surface area contributed by atoms with Crippen LogP contribution in [0.15, 0.2) is 6.20 Å². The average Bonchev–Trinajstić information content (AvgIpc) is 2.67. The summed E-state index contributed by atoms with van der Waals surface area (Å²) in [5.41, 5.74) is 5.32. The monoisotopic (exact) mass is 272 g/mol. The minimum absolute atomic E-state index is 0.0432. The lowest BCUT2D eigenvalue weighted by Crippen LogP contribution is -2.47. The zero-order chi connectivity index (χ0) is 13.6. The maximum absolute atomic E-state index is 12.0. The Bertz CT molecular complexity index is 592. The quantitative estimate of drug-likeness (QED) is 0.741. The van der Waals surface area contributed by atoms with Crippen molar-refractivity contribution in [3.8, 4) is 0 Å². The highest BCUT2D eigenvalue weighted by Gasteiger charge is 2.40. The van der Waals surface area contributed by atoms with E-state index in [1.165, 1.54) is 10.9 Å². The normalized spacial score (nSPS) is 26.1. The van der Waals surface area contributed by atoms with Crippen molar-refractivity contribution >= 4 is 21.4 Å². The van der Waals surface area contributed by atoms with Crippen molar-refractivity contribution in [3.63, 3.8) is 0 Å². The van der Waals surface area contributed by atoms with Crippen LogP contribution in [0.2, 0.25) is 0 Å². The van der Waals surface area contributed by atoms with Crippen molar-refractivity contribution in [1.82, 2.24) is 15.1 Å². The lowest BCUT2D eigenvalue weighted by Gasteiger charge is -2.23. The van der Waals surface area contributed by atoms with Gasteiger partial charge in [0.2, 0.25) is 0 Å². The van der Waals surface area contributed by atoms with Gasteiger partial charge in [0.15, 0.2) is 15.5 Å². The first kappa shape index (κ1) is 12.9. The highest BCUT2D eigenvalue weighted by Crippen LogP contribution is 2.23. The third-order valence-electron chi connectivity index (χ3n) is 2.99. The van der Waals surface area contributed by atoms with Gasteiger partial charge in [0, 0.05) is 13.2 Å². The second-order valence-corrected chi connectivity index (χ2v) is 7.15. The molecule has 0 saturated carbocycles. The van der Waals surface area contributed by atoms with Gasteiger partial charge in [0.05, 0.1) is 22.7 Å². The lowest BCUT2D eigenvalue weighted by molar-refractivity contribution is 0.0910. The highest BCUT2D eigenvalue weighted by molar-refractivity contribution is 7.91. The van der Waals surface area contributed by atoms with Gasteiger partial charge in [-0.2, -0.15) is 5.10 Å². The molecule has 1 atom stereocenters. The Hall–Kier alpha value is -1.57. The van der Waals surface area contributed by atoms with E-state index in [-0.39, 0.29) is 22.9 Å². The van der Waals surface area contributed by atoms with Crippen molar-refractivity contribution in [2.75, 3.05) is 17.2 Å². The number of carbonyl (C=O) groups excluding carboxylic acids is 1. The molecule has 0 radical (unpaired) electrons. The van der Waals surface area contributed by atoms with Crippen LogP contribution in [0.3, 0.4) is 0 Å². The van der Waals surface area contributed by atoms with E-state index in [9.17, 15) is 13.2 Å². The summed E-state index contributed by atoms with van der Waals surface area (Å²) < 4.78 is 24.3. The first-order valence-corrected chi connectivity index (χ1v) is 7.35. The number of nitrogens with one attached hydrogen (secondary N) is 1. The number of nitrogens with two attached hydrogens (primary N) is 1. The smallest absolute Gasteiger partial charge is 0.274 e. The summed E-state index contributed by atoms with van der Waals surface area (Å²) in [4.78, 5) is 12.0. The number of nitrogens with zero attached hydrogens (tertiary/aromatic N) is 2. The zero-order valence-corrected chi connectivity index (χ0v) is 11.1. The largest absolute Gasteiger partial charge is 0.396 e. The van der Waals surface area contributed by atoms with Crippen molar-refractivity contribution in [2.24, 2.45) is 7.05 Å². The molecule has 7 nitrogen and oxygen atoms in total. The number of sulfone groups is 1. The van der Waals surface area contributed by atoms with Gasteiger partial charge < -0.3 is 11.1 Å². The van der Waals surface area contributed by atoms with E-state index in [1.807, 2.05) is 0 Å². The van der Waals surface area contributed by atoms with Gasteiger partial charge in [-0.25, -0.2) is 8.42 Å². The van der Waals surface area contributed by atoms with Crippen molar-refractivity contribution < 1.29 is 13.2 Å². The van der Waals surface area contributed by atoms with Gasteiger partial charge in [-0.15, -0.1) is 0 Å². The molecule has 1 amide bonds. The number of hydrogen-bond acceptors (Lipinski definition) is 5. The molecular weight excluding hydrogens is 256 g/mol. The van der Waals surface area contributed by atoms with Crippen LogP contribution in [0.5, 0.6) is 0 Å². The van der Waals surface area contributed by atoms with Gasteiger partial charge in [0.1, 0.15) is 0 Å². The fraction of sp³-hybridized carbons (Fsp3) is 0.600. The lowest BCUT2D eigenvalue weighted by atomic mass is 10.0. The van der Waals surface area contributed by atoms with E-state index < -0.39 is 21.3 Å². The third-order valence-corrected chi connectivity index (χ3v) is 4.89. The van der Waals surface area contributed by atoms with Crippen LogP contribution in [0.4, 0.5) is 5.69 Å². The van der Waals surface area contributed by atoms with Crippen LogP contribution in [0, 0.1) is 0 Å². The fourth-order valence-corrected chi connectivity index (χ4v) is 4.22. The SMILES string of the molecule is Cn1cc(N)c(C(=O)NC2(C)CCS(=O)(=O)C2)n1. The Morgan fingerprint density at radius 1 is 1.61 bits per heavy atom. The molecule has 100 valence electrons. The van der Waals surface area contributed by atoms with Gasteiger partial charge in [0.25, 0.3) is 5.91 Å². The van der Waals surface area contributed by atoms with Crippen LogP contribution in [0.25, 0.3) is 0 Å². The maximum atomic E-state index is 12.0. The molecule has 2 heterocycles. The van der Waals surface area contributed by atoms with Crippen LogP contribution >= 0.6 is 0 Å². The molecule has 3 N–H and O–H groups in total. The third kappa shape index (κ3) is 2.47. The predicted molar refractivity (Wildman–Crippen MR) is 66.8 cm³/mol. The average molecular weight is 272 g/mol. The summed E-state index contributed by atoms with van der Waals surface area (Å²) in [6.45, 7) is 1.72. The number of carbonyl (C=O) groups is 1. The molecule has 18 heavy (non-hydrogen) atoms. The minimum atomic E-state index is -3.06. The second-order valence-electron chi connectivity index (χ2n) is 4.96. The summed E-state index contributed by atoms with van der Waals surface area (Å²) in [6.07, 6.45) is 1.94. The van der Waals surface area contributed by atoms with Crippen molar-refractivity contribution in [2.45, 2.75) is 18.9 Å². The summed E-state index contributed by atoms with van der Waals surface area (Å²) in [6, 6.07) is 0. The highest BCUT2D eigenvalue weighted by atomic mass is 32.2. The molecule has 2 rings (SSSR count). The molecule has 1 fully saturated rings. The molecule has 0 aromatic carbocycles. The van der Waals surface area contributed by atoms with Gasteiger partial charge in [-0.3, -0.25) is 9.48 Å². The number of hydrogen-bond donors (Lipinski definition) is 2. The molecular formula is C10H16N4O3S. The molecule has 1 aliphatic rings. The standard InChI is InChI=1S/C10H16N4O3S/c1-10(3-4-18(16,17)6-10)12-9(15)8-7(11)5-14(2)13-8/h5H,3-4,6,11H2,1-2H3,(H,12,15). The number of nitrogen functional groups attached to an aromatic ring is 1. The minimum Gasteiger partial charge on any atom is -0.396 e. The fourth-order valence-electron chi connectivity index (χ4n) is 2.13. The number of amides is 1. The van der Waals surface area contributed by atoms with E-state index >= 15 is 0 Å². The van der Waals surface area contributed by atoms with Crippen molar-refractivity contribution in [1.29, 1.82) is 0 Å². The van der Waals surface area contributed by atoms with E-state index in [2.05, 4.69) is 10.4 Å². The first-order chi connectivity index (χ1) is 8.21. The molecule has 1 saturated heterocycles. The van der Waals surface area contributed by atoms with Crippen LogP contribution < -0.4 is 11.1 Å². The second kappa shape index (κ2) is 3.98. The Morgan fingerprint density at radius 2 is 2.28 bits per heavy atom. The van der Waals surface area contributed by atoms with Gasteiger partial charge in [-0.05, 0) is 13.3 Å². The molecule has 0 bridgehead atoms. The molecule has 1 unspecified atom stereocenters. The van der Waals surface area contributed by atoms with Crippen LogP contribution in [-0.4, -0.2) is 41.2 Å². The van der Waals surface area contributed by atoms with Crippen LogP contribution in [0.1, 0.15) is 23.8 Å². The first-order valence-electron chi connectivity index (χ1n) is 5.53. The molecule has 0 spiro atoms. The van der Waals surface area contributed by atoms with E-state index in [1.54, 1.807) is 14.0 Å². The van der Waals surface area contributed by atoms with E-state index in [4.69, 9.17) is 5.73 Å². The summed E-state index contributed by atoms with van der Waals surface area (Å²) in [5, 5.41) is 6.66. The number of rotatable bonds is 2. The predicted octanol–water partition coefficient (Wildman–Crippen LogP) is -0.691. The Morgan fingerprint density at radius 3 is 2.72 bits per heavy atom. The summed E-state index contributed by atoms with van der Waals surface area (Å²) in [5.74, 6) is -0.382. The molecule has 0 aliphatic carbocycles. The summed E-state index contributed by atoms with van der Waals surface area (Å²) in [7, 11) is -1.40. The Balaban J connectivity index is 2.16. The number of anilines is 1. The molecule has 1 aromatic rings. The molecule has 8 heteroatoms. The Kier molecular flexibility index (Phi) is 2.84. The van der Waals surface area contributed by atoms with Crippen LogP contribution in [-0.2, 0) is 16.9 Å². The zero-order valence-electron chi connectivity index (χ0n) is 10.3. The van der Waals surface area contributed by atoms with E-state index in [0.29, 0.717) is 6.42 Å². The number of aryl methyl sites for hydroxylation is 1. The summed E-state index contributed by atoms with van der Waals surface area (Å²) >= 11 is 0.